The van der Waals surface area contributed by atoms with E-state index < -0.39 is 65.7 Å². The summed E-state index contributed by atoms with van der Waals surface area (Å²) < 4.78 is 4.97. The number of methoxy groups -OCH3 is 1. The number of nitrogens with zero attached hydrogens (tertiary/aromatic N) is 4. The Kier molecular flexibility index (Phi) is 18.6. The summed E-state index contributed by atoms with van der Waals surface area (Å²) in [5.74, 6) is -6.14. The molecule has 0 saturated heterocycles. The summed E-state index contributed by atoms with van der Waals surface area (Å²) in [6.07, 6.45) is 2.04. The first-order valence-electron chi connectivity index (χ1n) is 23.2. The number of benzodiazepines with no additional fused rings is 2. The molecule has 69 heavy (non-hydrogen) atoms. The molecule has 362 valence electrons. The molecule has 4 amide bonds. The highest BCUT2D eigenvalue weighted by Gasteiger charge is 2.39. The maximum absolute atomic E-state index is 13.6. The van der Waals surface area contributed by atoms with Crippen LogP contribution in [0.3, 0.4) is 0 Å². The molecule has 4 aromatic rings. The van der Waals surface area contributed by atoms with Crippen molar-refractivity contribution >= 4 is 58.4 Å². The van der Waals surface area contributed by atoms with E-state index >= 15 is 0 Å². The molecule has 2 heterocycles. The van der Waals surface area contributed by atoms with Crippen molar-refractivity contribution < 1.29 is 38.6 Å². The normalized spacial score (nSPS) is 17.2. The van der Waals surface area contributed by atoms with Crippen molar-refractivity contribution in [1.29, 1.82) is 0 Å². The average molecular weight is 937 g/mol. The van der Waals surface area contributed by atoms with Crippen LogP contribution in [0.1, 0.15) is 75.6 Å². The highest BCUT2D eigenvalue weighted by Crippen LogP contribution is 2.31. The number of esters is 1. The van der Waals surface area contributed by atoms with Crippen molar-refractivity contribution in [3.05, 3.63) is 157 Å². The maximum atomic E-state index is 13.6. The van der Waals surface area contributed by atoms with Gasteiger partial charge in [-0.3, -0.25) is 28.8 Å². The van der Waals surface area contributed by atoms with Crippen LogP contribution in [0.4, 0.5) is 11.4 Å². The second kappa shape index (κ2) is 24.5. The lowest BCUT2D eigenvalue weighted by Crippen LogP contribution is -2.49. The number of aliphatic carboxylic acids is 1. The third kappa shape index (κ3) is 12.9. The number of para-hydroxylation sites is 2. The number of allylic oxidation sites excluding steroid dienone is 2. The number of hydrogen-bond acceptors (Lipinski definition) is 9. The number of hydrogen-bond donors (Lipinski definition) is 3. The van der Waals surface area contributed by atoms with Gasteiger partial charge in [0.25, 0.3) is 11.8 Å². The number of carbonyl (C=O) groups excluding carboxylic acids is 5. The van der Waals surface area contributed by atoms with E-state index in [0.29, 0.717) is 42.1 Å². The molecule has 0 aromatic heterocycles. The second-order valence-electron chi connectivity index (χ2n) is 17.9. The van der Waals surface area contributed by atoms with Gasteiger partial charge in [0.05, 0.1) is 53.6 Å². The molecule has 6 atom stereocenters. The molecule has 0 fully saturated rings. The summed E-state index contributed by atoms with van der Waals surface area (Å²) in [6, 6.07) is 34.0. The Bertz CT molecular complexity index is 2560. The summed E-state index contributed by atoms with van der Waals surface area (Å²) in [5, 5.41) is 15.4. The van der Waals surface area contributed by atoms with Gasteiger partial charge in [-0.15, -0.1) is 13.2 Å². The van der Waals surface area contributed by atoms with Crippen LogP contribution in [0, 0.1) is 35.5 Å². The van der Waals surface area contributed by atoms with Crippen LogP contribution in [0.2, 0.25) is 0 Å². The minimum absolute atomic E-state index is 0.0857. The molecule has 0 saturated carbocycles. The molecule has 0 bridgehead atoms. The lowest BCUT2D eigenvalue weighted by Gasteiger charge is -2.27. The molecular formula is C55H64N6O8. The standard InChI is InChI=1S/C28H33N3O4.C27H31N3O4/c1-6-12-20(28(34)35-5)22(17-18(2)3)26(32)30-25-27(33)31(4)23-16-11-10-15-21(23)24(29-25)19-13-8-7-9-14-19;1-5-11-19(27(33)34)21(16-17(2)3)25(31)29-24-26(32)30(4)22-15-10-9-14-20(22)23(28-24)18-12-7-6-8-13-18/h6-11,13-16,18,20,22,25H,1,12,17H2,2-5H3,(H,30,32);5-10,12-15,17,19,21,24H,1,11,16H2,2-4H3,(H,29,31)(H,33,34)/t20-,22+,25?;19-,21+,24?/m00/s1. The summed E-state index contributed by atoms with van der Waals surface area (Å²) >= 11 is 0. The van der Waals surface area contributed by atoms with Crippen molar-refractivity contribution in [3.63, 3.8) is 0 Å². The molecule has 0 spiro atoms. The van der Waals surface area contributed by atoms with E-state index in [4.69, 9.17) is 14.7 Å². The number of rotatable bonds is 18. The SMILES string of the molecule is C=CC[C@H](C(=O)O)[C@@H](CC(C)C)C(=O)NC1N=C(c2ccccc2)c2ccccc2N(C)C1=O.C=CC[C@H](C(=O)OC)[C@@H](CC(C)C)C(=O)NC1N=C(c2ccccc2)c2ccccc2N(C)C1=O. The summed E-state index contributed by atoms with van der Waals surface area (Å²) in [5.41, 5.74) is 5.79. The van der Waals surface area contributed by atoms with Gasteiger partial charge in [0, 0.05) is 36.3 Å². The van der Waals surface area contributed by atoms with E-state index in [0.717, 1.165) is 22.3 Å². The number of benzene rings is 4. The predicted octanol–water partition coefficient (Wildman–Crippen LogP) is 7.85. The van der Waals surface area contributed by atoms with Crippen LogP contribution in [-0.4, -0.2) is 85.6 Å². The Morgan fingerprint density at radius 2 is 0.971 bits per heavy atom. The molecule has 0 aliphatic carbocycles. The third-order valence-electron chi connectivity index (χ3n) is 12.1. The van der Waals surface area contributed by atoms with Gasteiger partial charge in [-0.2, -0.15) is 0 Å². The Labute approximate surface area is 405 Å². The first kappa shape index (κ1) is 52.5. The van der Waals surface area contributed by atoms with Crippen LogP contribution in [0.15, 0.2) is 144 Å². The van der Waals surface area contributed by atoms with Gasteiger partial charge in [-0.1, -0.05) is 137 Å². The van der Waals surface area contributed by atoms with E-state index in [2.05, 4.69) is 23.8 Å². The zero-order valence-corrected chi connectivity index (χ0v) is 40.5. The van der Waals surface area contributed by atoms with Gasteiger partial charge < -0.3 is 30.3 Å². The van der Waals surface area contributed by atoms with E-state index in [-0.39, 0.29) is 24.2 Å². The van der Waals surface area contributed by atoms with Gasteiger partial charge in [0.15, 0.2) is 0 Å². The topological polar surface area (TPSA) is 187 Å². The number of nitrogens with one attached hydrogen (secondary N) is 2. The van der Waals surface area contributed by atoms with Gasteiger partial charge in [-0.05, 0) is 49.7 Å². The largest absolute Gasteiger partial charge is 0.481 e. The third-order valence-corrected chi connectivity index (χ3v) is 12.1. The Balaban J connectivity index is 0.000000258. The van der Waals surface area contributed by atoms with Crippen molar-refractivity contribution in [2.75, 3.05) is 31.0 Å². The Morgan fingerprint density at radius 1 is 0.609 bits per heavy atom. The number of carbonyl (C=O) groups is 6. The lowest BCUT2D eigenvalue weighted by molar-refractivity contribution is -0.151. The summed E-state index contributed by atoms with van der Waals surface area (Å²) in [6.45, 7) is 15.2. The number of amides is 4. The molecule has 3 N–H and O–H groups in total. The molecule has 0 radical (unpaired) electrons. The van der Waals surface area contributed by atoms with Crippen LogP contribution in [0.5, 0.6) is 0 Å². The predicted molar refractivity (Wildman–Crippen MR) is 270 cm³/mol. The first-order valence-corrected chi connectivity index (χ1v) is 23.2. The molecule has 2 aliphatic heterocycles. The summed E-state index contributed by atoms with van der Waals surface area (Å²) in [4.78, 5) is 90.7. The highest BCUT2D eigenvalue weighted by atomic mass is 16.5. The molecule has 2 aliphatic rings. The maximum Gasteiger partial charge on any atom is 0.309 e. The zero-order valence-electron chi connectivity index (χ0n) is 40.5. The quantitative estimate of drug-likeness (QED) is 0.0665. The zero-order chi connectivity index (χ0) is 50.4. The highest BCUT2D eigenvalue weighted by molar-refractivity contribution is 6.21. The fraction of sp³-hybridized carbons (Fsp3) is 0.345. The monoisotopic (exact) mass is 936 g/mol. The lowest BCUT2D eigenvalue weighted by atomic mass is 9.82. The van der Waals surface area contributed by atoms with Crippen LogP contribution >= 0.6 is 0 Å². The molecule has 14 nitrogen and oxygen atoms in total. The van der Waals surface area contributed by atoms with Gasteiger partial charge in [-0.25, -0.2) is 9.98 Å². The van der Waals surface area contributed by atoms with Gasteiger partial charge >= 0.3 is 11.9 Å². The molecule has 4 aromatic carbocycles. The Morgan fingerprint density at radius 3 is 1.33 bits per heavy atom. The number of anilines is 2. The number of carboxylic acid groups (broad SMARTS) is 1. The second-order valence-corrected chi connectivity index (χ2v) is 17.9. The number of ether oxygens (including phenoxy) is 1. The number of likely N-dealkylation sites (N-methyl/N-ethyl adjacent to an activating group) is 2. The van der Waals surface area contributed by atoms with Crippen molar-refractivity contribution in [2.24, 2.45) is 45.5 Å². The minimum Gasteiger partial charge on any atom is -0.481 e. The Hall–Kier alpha value is -7.48. The van der Waals surface area contributed by atoms with Gasteiger partial charge in [0.2, 0.25) is 24.1 Å². The smallest absolute Gasteiger partial charge is 0.309 e. The summed E-state index contributed by atoms with van der Waals surface area (Å²) in [7, 11) is 4.62. The van der Waals surface area contributed by atoms with E-state index in [9.17, 15) is 33.9 Å². The molecule has 2 unspecified atom stereocenters. The van der Waals surface area contributed by atoms with Crippen molar-refractivity contribution in [3.8, 4) is 0 Å². The molecular weight excluding hydrogens is 873 g/mol. The van der Waals surface area contributed by atoms with E-state index in [1.165, 1.54) is 23.0 Å². The van der Waals surface area contributed by atoms with Gasteiger partial charge in [0.1, 0.15) is 0 Å². The van der Waals surface area contributed by atoms with E-state index in [1.54, 1.807) is 20.2 Å². The first-order chi connectivity index (χ1) is 33.0. The fourth-order valence-electron chi connectivity index (χ4n) is 8.66. The van der Waals surface area contributed by atoms with Crippen LogP contribution in [0.25, 0.3) is 0 Å². The fourth-order valence-corrected chi connectivity index (χ4v) is 8.66. The van der Waals surface area contributed by atoms with Crippen molar-refractivity contribution in [2.45, 2.75) is 65.7 Å². The molecule has 14 heteroatoms. The van der Waals surface area contributed by atoms with Crippen molar-refractivity contribution in [1.82, 2.24) is 10.6 Å². The van der Waals surface area contributed by atoms with Crippen LogP contribution < -0.4 is 20.4 Å². The van der Waals surface area contributed by atoms with Crippen LogP contribution in [-0.2, 0) is 33.5 Å². The van der Waals surface area contributed by atoms with E-state index in [1.807, 2.05) is 137 Å². The number of aliphatic imine (C=N–C) groups is 2. The number of carboxylic acids is 1. The minimum atomic E-state index is -1.19. The average Bonchev–Trinajstić information content (AvgIpc) is 3.51. The number of fused-ring (bicyclic) bond motifs is 2. The molecule has 6 rings (SSSR count).